The minimum atomic E-state index is 0.671. The smallest absolute Gasteiger partial charge is 0.148 e. The van der Waals surface area contributed by atoms with Crippen molar-refractivity contribution in [3.63, 3.8) is 0 Å². The Morgan fingerprint density at radius 1 is 1.24 bits per heavy atom. The van der Waals surface area contributed by atoms with Crippen molar-refractivity contribution < 1.29 is 0 Å². The number of rotatable bonds is 6. The Bertz CT molecular complexity index is 615. The highest BCUT2D eigenvalue weighted by Gasteiger charge is 2.09. The number of nitrogens with two attached hydrogens (primary N) is 1. The molecule has 0 radical (unpaired) electrons. The second kappa shape index (κ2) is 7.38. The number of nitrogens with zero attached hydrogens (tertiary/aromatic N) is 2. The van der Waals surface area contributed by atoms with Crippen molar-refractivity contribution in [2.24, 2.45) is 5.84 Å². The molecule has 0 aliphatic rings. The van der Waals surface area contributed by atoms with E-state index >= 15 is 0 Å². The van der Waals surface area contributed by atoms with Crippen molar-refractivity contribution in [3.8, 4) is 0 Å². The zero-order valence-corrected chi connectivity index (χ0v) is 13.9. The summed E-state index contributed by atoms with van der Waals surface area (Å²) < 4.78 is 1.07. The van der Waals surface area contributed by atoms with Crippen molar-refractivity contribution in [1.82, 2.24) is 9.97 Å². The van der Waals surface area contributed by atoms with Crippen LogP contribution < -0.4 is 16.6 Å². The highest BCUT2D eigenvalue weighted by Crippen LogP contribution is 2.21. The molecule has 1 aromatic carbocycles. The van der Waals surface area contributed by atoms with Gasteiger partial charge in [-0.2, -0.15) is 0 Å². The Labute approximate surface area is 133 Å². The van der Waals surface area contributed by atoms with E-state index in [2.05, 4.69) is 55.7 Å². The average Bonchev–Trinajstić information content (AvgIpc) is 2.48. The highest BCUT2D eigenvalue weighted by atomic mass is 79.9. The van der Waals surface area contributed by atoms with Crippen LogP contribution in [0, 0.1) is 6.92 Å². The summed E-state index contributed by atoms with van der Waals surface area (Å²) in [5.41, 5.74) is 4.75. The monoisotopic (exact) mass is 349 g/mol. The van der Waals surface area contributed by atoms with Gasteiger partial charge in [-0.25, -0.2) is 15.8 Å². The lowest BCUT2D eigenvalue weighted by Crippen LogP contribution is -2.15. The maximum absolute atomic E-state index is 5.54. The van der Waals surface area contributed by atoms with Crippen LogP contribution in [0.1, 0.15) is 30.3 Å². The molecule has 2 aromatic rings. The van der Waals surface area contributed by atoms with Crippen LogP contribution in [0.25, 0.3) is 0 Å². The summed E-state index contributed by atoms with van der Waals surface area (Å²) in [6.45, 7) is 4.76. The van der Waals surface area contributed by atoms with Gasteiger partial charge in [-0.15, -0.1) is 0 Å². The quantitative estimate of drug-likeness (QED) is 0.550. The van der Waals surface area contributed by atoms with Gasteiger partial charge in [-0.1, -0.05) is 35.0 Å². The molecule has 2 rings (SSSR count). The zero-order chi connectivity index (χ0) is 15.2. The SMILES string of the molecule is CCCc1nc(NN)c(C)c(NCc2cccc(Br)c2)n1. The first-order chi connectivity index (χ1) is 10.1. The predicted octanol–water partition coefficient (Wildman–Crippen LogP) is 3.40. The summed E-state index contributed by atoms with van der Waals surface area (Å²) >= 11 is 3.48. The Hall–Kier alpha value is -1.66. The van der Waals surface area contributed by atoms with Gasteiger partial charge in [-0.3, -0.25) is 0 Å². The molecule has 6 heteroatoms. The lowest BCUT2D eigenvalue weighted by Gasteiger charge is -2.13. The molecular weight excluding hydrogens is 330 g/mol. The number of anilines is 2. The number of hydrogen-bond acceptors (Lipinski definition) is 5. The Balaban J connectivity index is 2.20. The Kier molecular flexibility index (Phi) is 5.52. The number of aryl methyl sites for hydroxylation is 1. The molecule has 0 saturated carbocycles. The summed E-state index contributed by atoms with van der Waals surface area (Å²) in [5.74, 6) is 7.83. The van der Waals surface area contributed by atoms with Gasteiger partial charge in [0.2, 0.25) is 0 Å². The van der Waals surface area contributed by atoms with Gasteiger partial charge in [0.15, 0.2) is 0 Å². The Morgan fingerprint density at radius 3 is 2.67 bits per heavy atom. The molecule has 1 heterocycles. The maximum atomic E-state index is 5.54. The maximum Gasteiger partial charge on any atom is 0.148 e. The minimum absolute atomic E-state index is 0.671. The summed E-state index contributed by atoms with van der Waals surface area (Å²) in [4.78, 5) is 8.99. The molecule has 0 atom stereocenters. The molecule has 1 aromatic heterocycles. The Morgan fingerprint density at radius 2 is 2.00 bits per heavy atom. The van der Waals surface area contributed by atoms with Gasteiger partial charge >= 0.3 is 0 Å². The number of hydrazine groups is 1. The largest absolute Gasteiger partial charge is 0.366 e. The van der Waals surface area contributed by atoms with E-state index in [0.29, 0.717) is 12.4 Å². The van der Waals surface area contributed by atoms with Crippen LogP contribution >= 0.6 is 15.9 Å². The molecule has 0 saturated heterocycles. The molecule has 0 aliphatic carbocycles. The van der Waals surface area contributed by atoms with Crippen molar-refractivity contribution in [1.29, 1.82) is 0 Å². The van der Waals surface area contributed by atoms with E-state index in [1.165, 1.54) is 5.56 Å². The van der Waals surface area contributed by atoms with Crippen LogP contribution in [-0.2, 0) is 13.0 Å². The molecule has 112 valence electrons. The predicted molar refractivity (Wildman–Crippen MR) is 90.0 cm³/mol. The van der Waals surface area contributed by atoms with Crippen LogP contribution in [0.2, 0.25) is 0 Å². The fourth-order valence-corrected chi connectivity index (χ4v) is 2.49. The van der Waals surface area contributed by atoms with Crippen molar-refractivity contribution in [2.45, 2.75) is 33.2 Å². The van der Waals surface area contributed by atoms with E-state index in [1.807, 2.05) is 19.1 Å². The lowest BCUT2D eigenvalue weighted by atomic mass is 10.2. The highest BCUT2D eigenvalue weighted by molar-refractivity contribution is 9.10. The molecule has 0 amide bonds. The van der Waals surface area contributed by atoms with Gasteiger partial charge < -0.3 is 10.7 Å². The molecule has 0 bridgehead atoms. The van der Waals surface area contributed by atoms with E-state index in [0.717, 1.165) is 34.5 Å². The average molecular weight is 350 g/mol. The van der Waals surface area contributed by atoms with Crippen LogP contribution in [0.5, 0.6) is 0 Å². The van der Waals surface area contributed by atoms with Gasteiger partial charge in [0, 0.05) is 23.0 Å². The third-order valence-corrected chi connectivity index (χ3v) is 3.64. The van der Waals surface area contributed by atoms with Crippen LogP contribution in [0.4, 0.5) is 11.6 Å². The molecule has 21 heavy (non-hydrogen) atoms. The van der Waals surface area contributed by atoms with E-state index in [4.69, 9.17) is 5.84 Å². The van der Waals surface area contributed by atoms with Crippen molar-refractivity contribution in [2.75, 3.05) is 10.7 Å². The number of halogens is 1. The normalized spacial score (nSPS) is 10.5. The number of nitrogen functional groups attached to an aromatic ring is 1. The first kappa shape index (κ1) is 15.7. The van der Waals surface area contributed by atoms with Gasteiger partial charge in [-0.05, 0) is 31.0 Å². The van der Waals surface area contributed by atoms with E-state index < -0.39 is 0 Å². The molecule has 0 fully saturated rings. The van der Waals surface area contributed by atoms with E-state index in [-0.39, 0.29) is 0 Å². The lowest BCUT2D eigenvalue weighted by molar-refractivity contribution is 0.830. The van der Waals surface area contributed by atoms with Crippen LogP contribution in [0.3, 0.4) is 0 Å². The molecular formula is C15H20BrN5. The molecule has 4 N–H and O–H groups in total. The van der Waals surface area contributed by atoms with Crippen molar-refractivity contribution in [3.05, 3.63) is 45.7 Å². The molecule has 0 aliphatic heterocycles. The zero-order valence-electron chi connectivity index (χ0n) is 12.3. The summed E-state index contributed by atoms with van der Waals surface area (Å²) in [6, 6.07) is 8.18. The first-order valence-electron chi connectivity index (χ1n) is 6.96. The number of benzene rings is 1. The standard InChI is InChI=1S/C15H20BrN5/c1-3-5-13-19-14(10(2)15(20-13)21-17)18-9-11-6-4-7-12(16)8-11/h4,6-8H,3,5,9,17H2,1-2H3,(H2,18,19,20,21). The summed E-state index contributed by atoms with van der Waals surface area (Å²) in [7, 11) is 0. The van der Waals surface area contributed by atoms with Gasteiger partial charge in [0.05, 0.1) is 0 Å². The molecule has 0 unspecified atom stereocenters. The topological polar surface area (TPSA) is 75.9 Å². The third kappa shape index (κ3) is 4.15. The van der Waals surface area contributed by atoms with Crippen LogP contribution in [-0.4, -0.2) is 9.97 Å². The van der Waals surface area contributed by atoms with Crippen LogP contribution in [0.15, 0.2) is 28.7 Å². The second-order valence-corrected chi connectivity index (χ2v) is 5.76. The second-order valence-electron chi connectivity index (χ2n) is 4.84. The summed E-state index contributed by atoms with van der Waals surface area (Å²) in [5, 5.41) is 3.36. The van der Waals surface area contributed by atoms with Gasteiger partial charge in [0.25, 0.3) is 0 Å². The number of hydrogen-bond donors (Lipinski definition) is 3. The fraction of sp³-hybridized carbons (Fsp3) is 0.333. The van der Waals surface area contributed by atoms with Crippen molar-refractivity contribution >= 4 is 27.6 Å². The van der Waals surface area contributed by atoms with E-state index in [9.17, 15) is 0 Å². The van der Waals surface area contributed by atoms with E-state index in [1.54, 1.807) is 0 Å². The minimum Gasteiger partial charge on any atom is -0.366 e. The molecule has 5 nitrogen and oxygen atoms in total. The number of nitrogens with one attached hydrogen (secondary N) is 2. The van der Waals surface area contributed by atoms with Gasteiger partial charge in [0.1, 0.15) is 17.5 Å². The summed E-state index contributed by atoms with van der Waals surface area (Å²) in [6.07, 6.45) is 1.83. The third-order valence-electron chi connectivity index (χ3n) is 3.15. The molecule has 0 spiro atoms. The first-order valence-corrected chi connectivity index (χ1v) is 7.75. The number of aromatic nitrogens is 2. The fourth-order valence-electron chi connectivity index (χ4n) is 2.04.